The molecule has 1 rings (SSSR count). The largest absolute Gasteiger partial charge is 0.480 e. The lowest BCUT2D eigenvalue weighted by Gasteiger charge is -2.37. The normalized spacial score (nSPS) is 21.4. The number of carboxylic acids is 1. The fourth-order valence-electron chi connectivity index (χ4n) is 2.57. The summed E-state index contributed by atoms with van der Waals surface area (Å²) >= 11 is 0. The standard InChI is InChI=1S/C13H26N2O2/c1-10-4-6-15(7-5-10)9-13(2,3)8-11(14)12(16)17/h10-11H,4-9,14H2,1-3H3,(H,16,17). The van der Waals surface area contributed by atoms with Crippen LogP contribution < -0.4 is 5.73 Å². The highest BCUT2D eigenvalue weighted by Gasteiger charge is 2.28. The fraction of sp³-hybridized carbons (Fsp3) is 0.923. The zero-order valence-electron chi connectivity index (χ0n) is 11.3. The Morgan fingerprint density at radius 2 is 2.00 bits per heavy atom. The molecule has 0 radical (unpaired) electrons. The van der Waals surface area contributed by atoms with E-state index in [-0.39, 0.29) is 5.41 Å². The molecule has 0 amide bonds. The van der Waals surface area contributed by atoms with Crippen LogP contribution in [0.15, 0.2) is 0 Å². The maximum Gasteiger partial charge on any atom is 0.320 e. The molecule has 0 spiro atoms. The number of hydrogen-bond acceptors (Lipinski definition) is 3. The minimum atomic E-state index is -0.898. The minimum absolute atomic E-state index is 0.0294. The molecule has 3 N–H and O–H groups in total. The van der Waals surface area contributed by atoms with Gasteiger partial charge in [0.15, 0.2) is 0 Å². The van der Waals surface area contributed by atoms with Crippen molar-refractivity contribution in [1.29, 1.82) is 0 Å². The van der Waals surface area contributed by atoms with E-state index < -0.39 is 12.0 Å². The number of piperidine rings is 1. The number of likely N-dealkylation sites (tertiary alicyclic amines) is 1. The quantitative estimate of drug-likeness (QED) is 0.767. The Morgan fingerprint density at radius 1 is 1.47 bits per heavy atom. The second kappa shape index (κ2) is 5.83. The van der Waals surface area contributed by atoms with Crippen LogP contribution in [0.25, 0.3) is 0 Å². The lowest BCUT2D eigenvalue weighted by atomic mass is 9.84. The molecule has 100 valence electrons. The van der Waals surface area contributed by atoms with Gasteiger partial charge in [0.25, 0.3) is 0 Å². The summed E-state index contributed by atoms with van der Waals surface area (Å²) in [6.45, 7) is 9.71. The van der Waals surface area contributed by atoms with Gasteiger partial charge >= 0.3 is 5.97 Å². The number of aliphatic carboxylic acids is 1. The van der Waals surface area contributed by atoms with Crippen molar-refractivity contribution in [3.63, 3.8) is 0 Å². The van der Waals surface area contributed by atoms with Gasteiger partial charge in [-0.1, -0.05) is 20.8 Å². The molecule has 1 unspecified atom stereocenters. The smallest absolute Gasteiger partial charge is 0.320 e. The molecule has 4 nitrogen and oxygen atoms in total. The molecule has 0 aromatic carbocycles. The Labute approximate surface area is 104 Å². The zero-order chi connectivity index (χ0) is 13.1. The molecule has 1 saturated heterocycles. The van der Waals surface area contributed by atoms with Crippen LogP contribution in [0.2, 0.25) is 0 Å². The predicted molar refractivity (Wildman–Crippen MR) is 68.8 cm³/mol. The molecule has 1 aliphatic rings. The van der Waals surface area contributed by atoms with Crippen LogP contribution in [0.1, 0.15) is 40.0 Å². The van der Waals surface area contributed by atoms with Crippen LogP contribution in [0, 0.1) is 11.3 Å². The van der Waals surface area contributed by atoms with Crippen molar-refractivity contribution in [3.8, 4) is 0 Å². The zero-order valence-corrected chi connectivity index (χ0v) is 11.3. The van der Waals surface area contributed by atoms with Gasteiger partial charge in [0.2, 0.25) is 0 Å². The molecule has 4 heteroatoms. The molecule has 0 saturated carbocycles. The first kappa shape index (κ1) is 14.5. The van der Waals surface area contributed by atoms with Crippen molar-refractivity contribution >= 4 is 5.97 Å². The van der Waals surface area contributed by atoms with Gasteiger partial charge in [-0.05, 0) is 43.7 Å². The number of nitrogens with zero attached hydrogens (tertiary/aromatic N) is 1. The highest BCUT2D eigenvalue weighted by Crippen LogP contribution is 2.26. The van der Waals surface area contributed by atoms with E-state index in [1.54, 1.807) is 0 Å². The Hall–Kier alpha value is -0.610. The summed E-state index contributed by atoms with van der Waals surface area (Å²) in [5.41, 5.74) is 5.58. The third-order valence-electron chi connectivity index (χ3n) is 3.62. The second-order valence-electron chi connectivity index (χ2n) is 6.27. The van der Waals surface area contributed by atoms with Gasteiger partial charge in [0.1, 0.15) is 6.04 Å². The van der Waals surface area contributed by atoms with E-state index in [0.717, 1.165) is 25.6 Å². The van der Waals surface area contributed by atoms with Gasteiger partial charge in [-0.2, -0.15) is 0 Å². The average Bonchev–Trinajstić information content (AvgIpc) is 2.20. The fourth-order valence-corrected chi connectivity index (χ4v) is 2.57. The third kappa shape index (κ3) is 5.04. The van der Waals surface area contributed by atoms with Crippen molar-refractivity contribution in [2.75, 3.05) is 19.6 Å². The first-order valence-electron chi connectivity index (χ1n) is 6.51. The summed E-state index contributed by atoms with van der Waals surface area (Å²) in [4.78, 5) is 13.2. The third-order valence-corrected chi connectivity index (χ3v) is 3.62. The van der Waals surface area contributed by atoms with E-state index >= 15 is 0 Å². The van der Waals surface area contributed by atoms with Crippen molar-refractivity contribution < 1.29 is 9.90 Å². The summed E-state index contributed by atoms with van der Waals surface area (Å²) in [5.74, 6) is -0.0685. The monoisotopic (exact) mass is 242 g/mol. The van der Waals surface area contributed by atoms with Gasteiger partial charge in [0, 0.05) is 6.54 Å². The number of hydrogen-bond donors (Lipinski definition) is 2. The van der Waals surface area contributed by atoms with Crippen molar-refractivity contribution in [3.05, 3.63) is 0 Å². The van der Waals surface area contributed by atoms with Gasteiger partial charge in [0.05, 0.1) is 0 Å². The summed E-state index contributed by atoms with van der Waals surface area (Å²) in [5, 5.41) is 8.85. The van der Waals surface area contributed by atoms with Gasteiger partial charge in [-0.25, -0.2) is 0 Å². The highest BCUT2D eigenvalue weighted by molar-refractivity contribution is 5.73. The molecule has 17 heavy (non-hydrogen) atoms. The average molecular weight is 242 g/mol. The molecular formula is C13H26N2O2. The molecule has 0 aromatic heterocycles. The Balaban J connectivity index is 2.40. The molecule has 0 aromatic rings. The summed E-state index contributed by atoms with van der Waals surface area (Å²) in [6, 6.07) is -0.742. The molecule has 1 heterocycles. The van der Waals surface area contributed by atoms with Crippen LogP contribution in [0.4, 0.5) is 0 Å². The number of nitrogens with two attached hydrogens (primary N) is 1. The van der Waals surface area contributed by atoms with E-state index in [0.29, 0.717) is 6.42 Å². The van der Waals surface area contributed by atoms with Crippen LogP contribution in [-0.2, 0) is 4.79 Å². The molecule has 0 bridgehead atoms. The Bertz CT molecular complexity index is 258. The number of carbonyl (C=O) groups is 1. The van der Waals surface area contributed by atoms with Crippen molar-refractivity contribution in [2.45, 2.75) is 46.1 Å². The molecule has 1 atom stereocenters. The van der Waals surface area contributed by atoms with E-state index in [9.17, 15) is 4.79 Å². The molecule has 1 aliphatic heterocycles. The maximum atomic E-state index is 10.8. The summed E-state index contributed by atoms with van der Waals surface area (Å²) in [7, 11) is 0. The minimum Gasteiger partial charge on any atom is -0.480 e. The van der Waals surface area contributed by atoms with E-state index in [1.807, 2.05) is 0 Å². The molecular weight excluding hydrogens is 216 g/mol. The SMILES string of the molecule is CC1CCN(CC(C)(C)CC(N)C(=O)O)CC1. The van der Waals surface area contributed by atoms with E-state index in [2.05, 4.69) is 25.7 Å². The number of carboxylic acid groups (broad SMARTS) is 1. The topological polar surface area (TPSA) is 66.6 Å². The highest BCUT2D eigenvalue weighted by atomic mass is 16.4. The molecule has 1 fully saturated rings. The first-order chi connectivity index (χ1) is 7.80. The van der Waals surface area contributed by atoms with Crippen LogP contribution in [0.3, 0.4) is 0 Å². The molecule has 0 aliphatic carbocycles. The van der Waals surface area contributed by atoms with Gasteiger partial charge in [-0.15, -0.1) is 0 Å². The summed E-state index contributed by atoms with van der Waals surface area (Å²) in [6.07, 6.45) is 3.04. The van der Waals surface area contributed by atoms with Crippen molar-refractivity contribution in [2.24, 2.45) is 17.1 Å². The Kier molecular flexibility index (Phi) is 4.95. The van der Waals surface area contributed by atoms with Gasteiger partial charge < -0.3 is 15.7 Å². The summed E-state index contributed by atoms with van der Waals surface area (Å²) < 4.78 is 0. The maximum absolute atomic E-state index is 10.8. The lowest BCUT2D eigenvalue weighted by Crippen LogP contribution is -2.43. The Morgan fingerprint density at radius 3 is 2.47 bits per heavy atom. The second-order valence-corrected chi connectivity index (χ2v) is 6.27. The van der Waals surface area contributed by atoms with Crippen molar-refractivity contribution in [1.82, 2.24) is 4.90 Å². The van der Waals surface area contributed by atoms with E-state index in [4.69, 9.17) is 10.8 Å². The van der Waals surface area contributed by atoms with Gasteiger partial charge in [-0.3, -0.25) is 4.79 Å². The number of rotatable bonds is 5. The van der Waals surface area contributed by atoms with Crippen LogP contribution in [-0.4, -0.2) is 41.7 Å². The lowest BCUT2D eigenvalue weighted by molar-refractivity contribution is -0.139. The van der Waals surface area contributed by atoms with Crippen LogP contribution in [0.5, 0.6) is 0 Å². The first-order valence-corrected chi connectivity index (χ1v) is 6.51. The van der Waals surface area contributed by atoms with Crippen LogP contribution >= 0.6 is 0 Å². The predicted octanol–water partition coefficient (Wildman–Crippen LogP) is 1.55. The van der Waals surface area contributed by atoms with E-state index in [1.165, 1.54) is 12.8 Å².